The maximum absolute atomic E-state index is 12.5. The van der Waals surface area contributed by atoms with Crippen LogP contribution in [0.2, 0.25) is 0 Å². The number of nitrogens with zero attached hydrogens (tertiary/aromatic N) is 1. The normalized spacial score (nSPS) is 10.6. The molecule has 1 heterocycles. The van der Waals surface area contributed by atoms with Crippen molar-refractivity contribution in [2.75, 3.05) is 7.11 Å². The average Bonchev–Trinajstić information content (AvgIpc) is 2.83. The van der Waals surface area contributed by atoms with Crippen LogP contribution in [-0.4, -0.2) is 17.9 Å². The van der Waals surface area contributed by atoms with Crippen molar-refractivity contribution < 1.29 is 19.0 Å². The monoisotopic (exact) mass is 413 g/mol. The van der Waals surface area contributed by atoms with Crippen molar-refractivity contribution in [2.45, 2.75) is 20.0 Å². The first-order valence-electron chi connectivity index (χ1n) is 10.1. The van der Waals surface area contributed by atoms with Crippen molar-refractivity contribution in [2.24, 2.45) is 0 Å². The first-order valence-corrected chi connectivity index (χ1v) is 10.1. The summed E-state index contributed by atoms with van der Waals surface area (Å²) >= 11 is 0. The van der Waals surface area contributed by atoms with Crippen LogP contribution < -0.4 is 14.2 Å². The molecule has 0 fully saturated rings. The van der Waals surface area contributed by atoms with Crippen LogP contribution in [0.4, 0.5) is 0 Å². The molecule has 0 saturated heterocycles. The summed E-state index contributed by atoms with van der Waals surface area (Å²) in [5.74, 6) is 2.38. The Balaban J connectivity index is 1.68. The highest BCUT2D eigenvalue weighted by molar-refractivity contribution is 5.99. The lowest BCUT2D eigenvalue weighted by Gasteiger charge is -2.14. The van der Waals surface area contributed by atoms with Crippen LogP contribution in [0.5, 0.6) is 23.0 Å². The molecule has 0 saturated carbocycles. The van der Waals surface area contributed by atoms with Crippen LogP contribution in [0, 0.1) is 0 Å². The van der Waals surface area contributed by atoms with E-state index < -0.39 is 0 Å². The summed E-state index contributed by atoms with van der Waals surface area (Å²) in [6.45, 7) is 2.26. The van der Waals surface area contributed by atoms with Gasteiger partial charge in [-0.2, -0.15) is 0 Å². The van der Waals surface area contributed by atoms with Crippen LogP contribution in [-0.2, 0) is 6.61 Å². The third-order valence-corrected chi connectivity index (χ3v) is 4.95. The molecule has 156 valence electrons. The predicted molar refractivity (Wildman–Crippen MR) is 120 cm³/mol. The summed E-state index contributed by atoms with van der Waals surface area (Å²) in [6, 6.07) is 22.6. The van der Waals surface area contributed by atoms with E-state index in [-0.39, 0.29) is 5.78 Å². The molecule has 31 heavy (non-hydrogen) atoms. The lowest BCUT2D eigenvalue weighted by molar-refractivity contribution is 0.0986. The molecule has 0 radical (unpaired) electrons. The summed E-state index contributed by atoms with van der Waals surface area (Å²) in [7, 11) is 1.61. The third kappa shape index (κ3) is 4.67. The van der Waals surface area contributed by atoms with Gasteiger partial charge in [-0.15, -0.1) is 0 Å². The average molecular weight is 413 g/mol. The number of pyridine rings is 1. The molecule has 0 bridgehead atoms. The van der Waals surface area contributed by atoms with Gasteiger partial charge in [0.05, 0.1) is 18.2 Å². The van der Waals surface area contributed by atoms with Gasteiger partial charge in [-0.05, 0) is 42.0 Å². The van der Waals surface area contributed by atoms with Crippen molar-refractivity contribution in [3.8, 4) is 23.0 Å². The van der Waals surface area contributed by atoms with Crippen molar-refractivity contribution in [1.29, 1.82) is 0 Å². The Morgan fingerprint density at radius 2 is 1.71 bits per heavy atom. The van der Waals surface area contributed by atoms with Gasteiger partial charge in [0.1, 0.15) is 29.6 Å². The van der Waals surface area contributed by atoms with E-state index in [1.807, 2.05) is 55.5 Å². The largest absolute Gasteiger partial charge is 0.497 e. The molecular formula is C26H23NO4. The Morgan fingerprint density at radius 3 is 2.48 bits per heavy atom. The number of ether oxygens (including phenoxy) is 3. The van der Waals surface area contributed by atoms with Gasteiger partial charge in [-0.1, -0.05) is 37.3 Å². The number of carbonyl (C=O) groups is 1. The van der Waals surface area contributed by atoms with Crippen molar-refractivity contribution in [3.05, 3.63) is 90.1 Å². The number of methoxy groups -OCH3 is 1. The Bertz CT molecular complexity index is 1200. The van der Waals surface area contributed by atoms with Gasteiger partial charge in [0, 0.05) is 24.1 Å². The Labute approximate surface area is 181 Å². The number of aromatic nitrogens is 1. The maximum Gasteiger partial charge on any atom is 0.166 e. The molecule has 3 aromatic carbocycles. The molecule has 0 aliphatic rings. The molecule has 0 N–H and O–H groups in total. The van der Waals surface area contributed by atoms with Gasteiger partial charge in [0.25, 0.3) is 0 Å². The number of rotatable bonds is 8. The van der Waals surface area contributed by atoms with E-state index in [4.69, 9.17) is 14.2 Å². The zero-order chi connectivity index (χ0) is 21.6. The van der Waals surface area contributed by atoms with Gasteiger partial charge in [0.15, 0.2) is 5.78 Å². The van der Waals surface area contributed by atoms with E-state index >= 15 is 0 Å². The first-order chi connectivity index (χ1) is 15.2. The Hall–Kier alpha value is -3.86. The second-order valence-electron chi connectivity index (χ2n) is 7.00. The fraction of sp³-hybridized carbons (Fsp3) is 0.154. The minimum atomic E-state index is 0.000511. The van der Waals surface area contributed by atoms with E-state index in [2.05, 4.69) is 4.98 Å². The minimum absolute atomic E-state index is 0.000511. The van der Waals surface area contributed by atoms with E-state index in [9.17, 15) is 4.79 Å². The number of benzene rings is 3. The molecule has 0 amide bonds. The molecule has 1 aromatic heterocycles. The molecule has 4 rings (SSSR count). The molecule has 0 aliphatic heterocycles. The van der Waals surface area contributed by atoms with E-state index in [1.165, 1.54) is 0 Å². The van der Waals surface area contributed by atoms with Crippen molar-refractivity contribution in [1.82, 2.24) is 4.98 Å². The number of fused-ring (bicyclic) bond motifs is 1. The van der Waals surface area contributed by atoms with Crippen LogP contribution in [0.15, 0.2) is 79.0 Å². The molecular weight excluding hydrogens is 390 g/mol. The van der Waals surface area contributed by atoms with Crippen molar-refractivity contribution in [3.63, 3.8) is 0 Å². The van der Waals surface area contributed by atoms with Gasteiger partial charge >= 0.3 is 0 Å². The van der Waals surface area contributed by atoms with E-state index in [0.29, 0.717) is 41.6 Å². The lowest BCUT2D eigenvalue weighted by atomic mass is 10.1. The second-order valence-corrected chi connectivity index (χ2v) is 7.00. The number of Topliss-reactive ketones (excluding diaryl/α,β-unsaturated/α-hetero) is 1. The third-order valence-electron chi connectivity index (χ3n) is 4.95. The standard InChI is InChI=1S/C26H23NO4/c1-3-24(28)21-11-9-20(30-17-18-7-5-4-6-8-18)16-26(21)31-25-13-14-27-23-12-10-19(29-2)15-22(23)25/h4-16H,3,17H2,1-2H3. The van der Waals surface area contributed by atoms with Crippen LogP contribution >= 0.6 is 0 Å². The molecule has 5 nitrogen and oxygen atoms in total. The SMILES string of the molecule is CCC(=O)c1ccc(OCc2ccccc2)cc1Oc1ccnc2ccc(OC)cc12. The quantitative estimate of drug-likeness (QED) is 0.322. The Morgan fingerprint density at radius 1 is 0.903 bits per heavy atom. The minimum Gasteiger partial charge on any atom is -0.497 e. The molecule has 0 unspecified atom stereocenters. The predicted octanol–water partition coefficient (Wildman–Crippen LogP) is 6.21. The van der Waals surface area contributed by atoms with Crippen LogP contribution in [0.3, 0.4) is 0 Å². The lowest BCUT2D eigenvalue weighted by Crippen LogP contribution is -2.02. The van der Waals surface area contributed by atoms with Gasteiger partial charge in [-0.25, -0.2) is 0 Å². The number of hydrogen-bond donors (Lipinski definition) is 0. The van der Waals surface area contributed by atoms with Crippen LogP contribution in [0.1, 0.15) is 29.3 Å². The zero-order valence-electron chi connectivity index (χ0n) is 17.5. The highest BCUT2D eigenvalue weighted by Gasteiger charge is 2.15. The van der Waals surface area contributed by atoms with Gasteiger partial charge in [-0.3, -0.25) is 9.78 Å². The fourth-order valence-corrected chi connectivity index (χ4v) is 3.27. The number of hydrogen-bond acceptors (Lipinski definition) is 5. The molecule has 5 heteroatoms. The molecule has 0 spiro atoms. The summed E-state index contributed by atoms with van der Waals surface area (Å²) < 4.78 is 17.5. The maximum atomic E-state index is 12.5. The van der Waals surface area contributed by atoms with E-state index in [0.717, 1.165) is 16.5 Å². The van der Waals surface area contributed by atoms with Crippen molar-refractivity contribution >= 4 is 16.7 Å². The fourth-order valence-electron chi connectivity index (χ4n) is 3.27. The Kier molecular flexibility index (Phi) is 6.13. The van der Waals surface area contributed by atoms with Gasteiger partial charge < -0.3 is 14.2 Å². The summed E-state index contributed by atoms with van der Waals surface area (Å²) in [5.41, 5.74) is 2.35. The van der Waals surface area contributed by atoms with Crippen LogP contribution in [0.25, 0.3) is 10.9 Å². The molecule has 0 aliphatic carbocycles. The zero-order valence-corrected chi connectivity index (χ0v) is 17.5. The number of ketones is 1. The van der Waals surface area contributed by atoms with Gasteiger partial charge in [0.2, 0.25) is 0 Å². The highest BCUT2D eigenvalue weighted by Crippen LogP contribution is 2.35. The summed E-state index contributed by atoms with van der Waals surface area (Å²) in [4.78, 5) is 16.9. The number of carbonyl (C=O) groups excluding carboxylic acids is 1. The van der Waals surface area contributed by atoms with E-state index in [1.54, 1.807) is 37.6 Å². The second kappa shape index (κ2) is 9.30. The molecule has 0 atom stereocenters. The smallest absolute Gasteiger partial charge is 0.166 e. The summed E-state index contributed by atoms with van der Waals surface area (Å²) in [6.07, 6.45) is 2.06. The highest BCUT2D eigenvalue weighted by atomic mass is 16.5. The topological polar surface area (TPSA) is 57.7 Å². The molecule has 4 aromatic rings. The summed E-state index contributed by atoms with van der Waals surface area (Å²) in [5, 5.41) is 0.798. The first kappa shape index (κ1) is 20.4.